The van der Waals surface area contributed by atoms with Gasteiger partial charge in [-0.15, -0.1) is 0 Å². The summed E-state index contributed by atoms with van der Waals surface area (Å²) >= 11 is 0. The van der Waals surface area contributed by atoms with E-state index in [1.807, 2.05) is 11.0 Å². The van der Waals surface area contributed by atoms with E-state index in [2.05, 4.69) is 40.4 Å². The molecule has 4 rings (SSSR count). The third-order valence-corrected chi connectivity index (χ3v) is 4.74. The summed E-state index contributed by atoms with van der Waals surface area (Å²) in [5.74, 6) is 0.671. The molecule has 0 unspecified atom stereocenters. The molecule has 0 aliphatic carbocycles. The van der Waals surface area contributed by atoms with Gasteiger partial charge in [-0.1, -0.05) is 30.3 Å². The maximum absolute atomic E-state index is 12.7. The zero-order valence-electron chi connectivity index (χ0n) is 13.5. The first kappa shape index (κ1) is 14.9. The maximum atomic E-state index is 12.7. The number of amides is 1. The minimum Gasteiger partial charge on any atom is -0.337 e. The van der Waals surface area contributed by atoms with Gasteiger partial charge in [0.2, 0.25) is 0 Å². The fraction of sp³-hybridized carbons (Fsp3) is 0.316. The number of nitrogens with zero attached hydrogens (tertiary/aromatic N) is 4. The van der Waals surface area contributed by atoms with Crippen molar-refractivity contribution in [3.8, 4) is 0 Å². The second-order valence-corrected chi connectivity index (χ2v) is 6.37. The van der Waals surface area contributed by atoms with Crippen LogP contribution in [0.25, 0.3) is 5.65 Å². The Morgan fingerprint density at radius 1 is 1.08 bits per heavy atom. The summed E-state index contributed by atoms with van der Waals surface area (Å²) in [4.78, 5) is 18.7. The zero-order valence-corrected chi connectivity index (χ0v) is 13.5. The van der Waals surface area contributed by atoms with Crippen molar-refractivity contribution in [3.63, 3.8) is 0 Å². The number of carbonyl (C=O) groups is 1. The van der Waals surface area contributed by atoms with E-state index >= 15 is 0 Å². The van der Waals surface area contributed by atoms with E-state index in [0.29, 0.717) is 11.6 Å². The highest BCUT2D eigenvalue weighted by Crippen LogP contribution is 2.22. The van der Waals surface area contributed by atoms with Crippen molar-refractivity contribution < 1.29 is 4.79 Å². The third kappa shape index (κ3) is 3.02. The molecular formula is C19H20N4O. The van der Waals surface area contributed by atoms with Crippen LogP contribution in [0.15, 0.2) is 54.9 Å². The number of benzene rings is 1. The quantitative estimate of drug-likeness (QED) is 0.745. The van der Waals surface area contributed by atoms with Crippen molar-refractivity contribution in [1.82, 2.24) is 19.5 Å². The van der Waals surface area contributed by atoms with Crippen LogP contribution in [0.3, 0.4) is 0 Å². The maximum Gasteiger partial charge on any atom is 0.274 e. The second-order valence-electron chi connectivity index (χ2n) is 6.37. The van der Waals surface area contributed by atoms with Crippen molar-refractivity contribution in [1.29, 1.82) is 0 Å². The molecule has 0 radical (unpaired) electrons. The van der Waals surface area contributed by atoms with Gasteiger partial charge in [0.1, 0.15) is 5.69 Å². The van der Waals surface area contributed by atoms with E-state index in [1.54, 1.807) is 23.0 Å². The van der Waals surface area contributed by atoms with Gasteiger partial charge >= 0.3 is 0 Å². The Kier molecular flexibility index (Phi) is 3.99. The number of rotatable bonds is 3. The van der Waals surface area contributed by atoms with Crippen LogP contribution in [0.4, 0.5) is 0 Å². The van der Waals surface area contributed by atoms with Gasteiger partial charge in [0, 0.05) is 25.5 Å². The van der Waals surface area contributed by atoms with Gasteiger partial charge in [-0.2, -0.15) is 5.10 Å². The number of imidazole rings is 1. The van der Waals surface area contributed by atoms with Gasteiger partial charge in [-0.25, -0.2) is 9.50 Å². The molecule has 0 bridgehead atoms. The molecule has 5 nitrogen and oxygen atoms in total. The molecule has 3 aromatic rings. The first-order chi connectivity index (χ1) is 11.8. The molecule has 3 heterocycles. The largest absolute Gasteiger partial charge is 0.337 e. The summed E-state index contributed by atoms with van der Waals surface area (Å²) in [5, 5.41) is 4.36. The highest BCUT2D eigenvalue weighted by atomic mass is 16.2. The van der Waals surface area contributed by atoms with Crippen molar-refractivity contribution in [2.45, 2.75) is 19.3 Å². The topological polar surface area (TPSA) is 50.5 Å². The molecule has 1 saturated heterocycles. The molecule has 1 aliphatic rings. The number of aromatic nitrogens is 3. The van der Waals surface area contributed by atoms with E-state index in [-0.39, 0.29) is 5.91 Å². The number of hydrogen-bond donors (Lipinski definition) is 0. The summed E-state index contributed by atoms with van der Waals surface area (Å²) in [6.07, 6.45) is 6.65. The lowest BCUT2D eigenvalue weighted by atomic mass is 9.90. The fourth-order valence-electron chi connectivity index (χ4n) is 3.38. The molecule has 1 fully saturated rings. The first-order valence-corrected chi connectivity index (χ1v) is 8.43. The standard InChI is InChI=1S/C19H20N4O/c24-19(17-6-7-18-20-10-13-23(18)21-17)22-11-8-16(9-12-22)14-15-4-2-1-3-5-15/h1-7,10,13,16H,8-9,11-12,14H2. The molecule has 0 N–H and O–H groups in total. The number of fused-ring (bicyclic) bond motifs is 1. The van der Waals surface area contributed by atoms with Crippen molar-refractivity contribution in [2.75, 3.05) is 13.1 Å². The van der Waals surface area contributed by atoms with Gasteiger partial charge in [0.05, 0.1) is 0 Å². The average Bonchev–Trinajstić information content (AvgIpc) is 3.10. The molecule has 0 spiro atoms. The van der Waals surface area contributed by atoms with Gasteiger partial charge in [-0.3, -0.25) is 4.79 Å². The van der Waals surface area contributed by atoms with E-state index in [1.165, 1.54) is 5.56 Å². The highest BCUT2D eigenvalue weighted by Gasteiger charge is 2.24. The average molecular weight is 320 g/mol. The highest BCUT2D eigenvalue weighted by molar-refractivity contribution is 5.92. The van der Waals surface area contributed by atoms with Crippen LogP contribution >= 0.6 is 0 Å². The minimum atomic E-state index is 0.0174. The number of piperidine rings is 1. The number of hydrogen-bond acceptors (Lipinski definition) is 3. The summed E-state index contributed by atoms with van der Waals surface area (Å²) in [6, 6.07) is 14.2. The van der Waals surface area contributed by atoms with Gasteiger partial charge in [0.15, 0.2) is 5.65 Å². The molecule has 2 aromatic heterocycles. The predicted molar refractivity (Wildman–Crippen MR) is 91.8 cm³/mol. The van der Waals surface area contributed by atoms with Gasteiger partial charge in [-0.05, 0) is 42.9 Å². The Hall–Kier alpha value is -2.69. The Balaban J connectivity index is 1.39. The van der Waals surface area contributed by atoms with E-state index in [9.17, 15) is 4.79 Å². The Morgan fingerprint density at radius 2 is 1.88 bits per heavy atom. The molecule has 1 amide bonds. The monoisotopic (exact) mass is 320 g/mol. The van der Waals surface area contributed by atoms with Crippen molar-refractivity contribution >= 4 is 11.6 Å². The van der Waals surface area contributed by atoms with Crippen LogP contribution in [0.5, 0.6) is 0 Å². The SMILES string of the molecule is O=C(c1ccc2nccn2n1)N1CCC(Cc2ccccc2)CC1. The minimum absolute atomic E-state index is 0.0174. The molecule has 1 aliphatic heterocycles. The Labute approximate surface area is 140 Å². The van der Waals surface area contributed by atoms with E-state index < -0.39 is 0 Å². The Morgan fingerprint density at radius 3 is 2.67 bits per heavy atom. The molecule has 5 heteroatoms. The van der Waals surface area contributed by atoms with Crippen LogP contribution in [-0.4, -0.2) is 38.5 Å². The molecular weight excluding hydrogens is 300 g/mol. The van der Waals surface area contributed by atoms with E-state index in [0.717, 1.165) is 38.0 Å². The van der Waals surface area contributed by atoms with Crippen LogP contribution < -0.4 is 0 Å². The lowest BCUT2D eigenvalue weighted by molar-refractivity contribution is 0.0683. The third-order valence-electron chi connectivity index (χ3n) is 4.74. The fourth-order valence-corrected chi connectivity index (χ4v) is 3.38. The molecule has 1 aromatic carbocycles. The van der Waals surface area contributed by atoms with Crippen molar-refractivity contribution in [3.05, 3.63) is 66.1 Å². The summed E-state index contributed by atoms with van der Waals surface area (Å²) in [7, 11) is 0. The Bertz CT molecular complexity index is 835. The molecule has 0 atom stereocenters. The van der Waals surface area contributed by atoms with Crippen LogP contribution in [0.2, 0.25) is 0 Å². The smallest absolute Gasteiger partial charge is 0.274 e. The predicted octanol–water partition coefficient (Wildman–Crippen LogP) is 2.82. The summed E-state index contributed by atoms with van der Waals surface area (Å²) in [6.45, 7) is 1.61. The normalized spacial score (nSPS) is 15.8. The zero-order chi connectivity index (χ0) is 16.4. The van der Waals surface area contributed by atoms with Crippen LogP contribution in [0, 0.1) is 5.92 Å². The molecule has 24 heavy (non-hydrogen) atoms. The number of likely N-dealkylation sites (tertiary alicyclic amines) is 1. The van der Waals surface area contributed by atoms with Gasteiger partial charge in [0.25, 0.3) is 5.91 Å². The van der Waals surface area contributed by atoms with Crippen molar-refractivity contribution in [2.24, 2.45) is 5.92 Å². The molecule has 0 saturated carbocycles. The lowest BCUT2D eigenvalue weighted by Crippen LogP contribution is -2.39. The summed E-state index contributed by atoms with van der Waals surface area (Å²) in [5.41, 5.74) is 2.63. The lowest BCUT2D eigenvalue weighted by Gasteiger charge is -2.31. The van der Waals surface area contributed by atoms with Gasteiger partial charge < -0.3 is 4.90 Å². The van der Waals surface area contributed by atoms with E-state index in [4.69, 9.17) is 0 Å². The first-order valence-electron chi connectivity index (χ1n) is 8.43. The number of carbonyl (C=O) groups excluding carboxylic acids is 1. The molecule has 122 valence electrons. The van der Waals surface area contributed by atoms with Crippen LogP contribution in [-0.2, 0) is 6.42 Å². The second kappa shape index (κ2) is 6.43. The van der Waals surface area contributed by atoms with Crippen LogP contribution in [0.1, 0.15) is 28.9 Å². The summed E-state index contributed by atoms with van der Waals surface area (Å²) < 4.78 is 1.65.